The van der Waals surface area contributed by atoms with Gasteiger partial charge in [-0.2, -0.15) is 0 Å². The highest BCUT2D eigenvalue weighted by atomic mass is 127. The number of hydrogen-bond acceptors (Lipinski definition) is 3. The molecule has 116 valence electrons. The van der Waals surface area contributed by atoms with Gasteiger partial charge in [0.05, 0.1) is 10.5 Å². The first-order valence-electron chi connectivity index (χ1n) is 6.33. The third-order valence-electron chi connectivity index (χ3n) is 3.14. The fourth-order valence-electron chi connectivity index (χ4n) is 2.08. The average molecular weight is 431 g/mol. The first-order chi connectivity index (χ1) is 10.2. The molecule has 0 atom stereocenters. The lowest BCUT2D eigenvalue weighted by atomic mass is 10.1. The minimum absolute atomic E-state index is 0.0198. The molecule has 2 N–H and O–H groups in total. The second-order valence-electron chi connectivity index (χ2n) is 4.85. The molecule has 0 unspecified atom stereocenters. The molecule has 2 aromatic carbocycles. The zero-order chi connectivity index (χ0) is 16.5. The van der Waals surface area contributed by atoms with Gasteiger partial charge in [0, 0.05) is 9.26 Å². The fourth-order valence-corrected chi connectivity index (χ4v) is 3.75. The largest absolute Gasteiger partial charge is 0.478 e. The van der Waals surface area contributed by atoms with Crippen LogP contribution in [0.25, 0.3) is 0 Å². The zero-order valence-corrected chi connectivity index (χ0v) is 14.9. The van der Waals surface area contributed by atoms with E-state index < -0.39 is 16.0 Å². The maximum absolute atomic E-state index is 12.5. The van der Waals surface area contributed by atoms with E-state index >= 15 is 0 Å². The molecular formula is C15H14INO4S. The number of carbonyl (C=O) groups is 1. The van der Waals surface area contributed by atoms with Crippen LogP contribution in [0.1, 0.15) is 21.5 Å². The third-order valence-corrected chi connectivity index (χ3v) is 5.38. The number of anilines is 1. The summed E-state index contributed by atoms with van der Waals surface area (Å²) in [4.78, 5) is 11.2. The summed E-state index contributed by atoms with van der Waals surface area (Å²) >= 11 is 2.12. The maximum Gasteiger partial charge on any atom is 0.335 e. The molecule has 0 aliphatic rings. The summed E-state index contributed by atoms with van der Waals surface area (Å²) in [6.07, 6.45) is 0. The van der Waals surface area contributed by atoms with Crippen LogP contribution in [0.4, 0.5) is 5.69 Å². The number of sulfonamides is 1. The predicted octanol–water partition coefficient (Wildman–Crippen LogP) is 3.41. The molecule has 5 nitrogen and oxygen atoms in total. The minimum atomic E-state index is -3.85. The second-order valence-corrected chi connectivity index (χ2v) is 7.75. The summed E-state index contributed by atoms with van der Waals surface area (Å²) in [5.74, 6) is -1.15. The van der Waals surface area contributed by atoms with E-state index in [0.29, 0.717) is 16.8 Å². The Kier molecular flexibility index (Phi) is 4.76. The number of benzene rings is 2. The standard InChI is InChI=1S/C15H14INO4S/c1-9-7-10(2)14(8-13(9)15(18)19)22(20,21)17-12-5-3-11(16)4-6-12/h3-8,17H,1-2H3,(H,18,19). The topological polar surface area (TPSA) is 83.5 Å². The Morgan fingerprint density at radius 1 is 1.09 bits per heavy atom. The highest BCUT2D eigenvalue weighted by molar-refractivity contribution is 14.1. The predicted molar refractivity (Wildman–Crippen MR) is 92.8 cm³/mol. The third kappa shape index (κ3) is 3.58. The van der Waals surface area contributed by atoms with Crippen molar-refractivity contribution in [2.45, 2.75) is 18.7 Å². The van der Waals surface area contributed by atoms with E-state index in [1.165, 1.54) is 6.07 Å². The molecule has 0 amide bonds. The molecule has 0 radical (unpaired) electrons. The molecule has 0 aliphatic heterocycles. The highest BCUT2D eigenvalue weighted by Gasteiger charge is 2.20. The van der Waals surface area contributed by atoms with Crippen molar-refractivity contribution in [1.29, 1.82) is 0 Å². The van der Waals surface area contributed by atoms with E-state index in [1.807, 2.05) is 0 Å². The number of carboxylic acids is 1. The van der Waals surface area contributed by atoms with E-state index in [2.05, 4.69) is 27.3 Å². The van der Waals surface area contributed by atoms with Gasteiger partial charge in [0.15, 0.2) is 0 Å². The quantitative estimate of drug-likeness (QED) is 0.727. The molecule has 0 heterocycles. The zero-order valence-electron chi connectivity index (χ0n) is 11.9. The summed E-state index contributed by atoms with van der Waals surface area (Å²) in [5.41, 5.74) is 1.43. The van der Waals surface area contributed by atoms with Gasteiger partial charge in [-0.1, -0.05) is 6.07 Å². The lowest BCUT2D eigenvalue weighted by Crippen LogP contribution is -2.15. The Morgan fingerprint density at radius 2 is 1.68 bits per heavy atom. The van der Waals surface area contributed by atoms with Crippen molar-refractivity contribution < 1.29 is 18.3 Å². The summed E-state index contributed by atoms with van der Waals surface area (Å²) in [5, 5.41) is 9.15. The number of aromatic carboxylic acids is 1. The molecule has 0 aliphatic carbocycles. The van der Waals surface area contributed by atoms with Crippen LogP contribution in [0, 0.1) is 17.4 Å². The van der Waals surface area contributed by atoms with E-state index in [9.17, 15) is 13.2 Å². The van der Waals surface area contributed by atoms with E-state index in [1.54, 1.807) is 44.2 Å². The number of aryl methyl sites for hydroxylation is 2. The minimum Gasteiger partial charge on any atom is -0.478 e. The molecule has 0 spiro atoms. The average Bonchev–Trinajstić information content (AvgIpc) is 2.40. The van der Waals surface area contributed by atoms with Crippen molar-refractivity contribution >= 4 is 44.3 Å². The van der Waals surface area contributed by atoms with Crippen LogP contribution in [-0.2, 0) is 10.0 Å². The molecule has 0 saturated heterocycles. The lowest BCUT2D eigenvalue weighted by Gasteiger charge is -2.12. The molecular weight excluding hydrogens is 417 g/mol. The molecule has 0 aromatic heterocycles. The molecule has 0 fully saturated rings. The monoisotopic (exact) mass is 431 g/mol. The van der Waals surface area contributed by atoms with Gasteiger partial charge in [-0.25, -0.2) is 13.2 Å². The van der Waals surface area contributed by atoms with Crippen LogP contribution in [-0.4, -0.2) is 19.5 Å². The van der Waals surface area contributed by atoms with Gasteiger partial charge in [-0.3, -0.25) is 4.72 Å². The SMILES string of the molecule is Cc1cc(C)c(S(=O)(=O)Nc2ccc(I)cc2)cc1C(=O)O. The summed E-state index contributed by atoms with van der Waals surface area (Å²) in [6, 6.07) is 9.63. The van der Waals surface area contributed by atoms with Crippen LogP contribution in [0.15, 0.2) is 41.3 Å². The normalized spacial score (nSPS) is 11.2. The van der Waals surface area contributed by atoms with Crippen molar-refractivity contribution in [3.05, 3.63) is 56.7 Å². The number of carboxylic acid groups (broad SMARTS) is 1. The van der Waals surface area contributed by atoms with Gasteiger partial charge in [-0.05, 0) is 77.9 Å². The first-order valence-corrected chi connectivity index (χ1v) is 8.90. The summed E-state index contributed by atoms with van der Waals surface area (Å²) in [6.45, 7) is 3.28. The Labute approximate surface area is 142 Å². The Balaban J connectivity index is 2.47. The first kappa shape index (κ1) is 16.8. The second kappa shape index (κ2) is 6.25. The Bertz CT molecular complexity index is 829. The molecule has 0 bridgehead atoms. The van der Waals surface area contributed by atoms with Crippen molar-refractivity contribution in [2.24, 2.45) is 0 Å². The molecule has 7 heteroatoms. The Morgan fingerprint density at radius 3 is 2.23 bits per heavy atom. The van der Waals surface area contributed by atoms with Crippen LogP contribution in [0.2, 0.25) is 0 Å². The van der Waals surface area contributed by atoms with Crippen molar-refractivity contribution in [2.75, 3.05) is 4.72 Å². The van der Waals surface area contributed by atoms with Gasteiger partial charge in [0.25, 0.3) is 10.0 Å². The van der Waals surface area contributed by atoms with Crippen molar-refractivity contribution in [3.8, 4) is 0 Å². The summed E-state index contributed by atoms with van der Waals surface area (Å²) in [7, 11) is -3.85. The van der Waals surface area contributed by atoms with Crippen LogP contribution in [0.3, 0.4) is 0 Å². The van der Waals surface area contributed by atoms with Gasteiger partial charge in [0.1, 0.15) is 0 Å². The molecule has 2 rings (SSSR count). The maximum atomic E-state index is 12.5. The van der Waals surface area contributed by atoms with Crippen LogP contribution in [0.5, 0.6) is 0 Å². The smallest absolute Gasteiger partial charge is 0.335 e. The highest BCUT2D eigenvalue weighted by Crippen LogP contribution is 2.23. The Hall–Kier alpha value is -1.61. The van der Waals surface area contributed by atoms with Crippen molar-refractivity contribution in [3.63, 3.8) is 0 Å². The van der Waals surface area contributed by atoms with Crippen LogP contribution < -0.4 is 4.72 Å². The van der Waals surface area contributed by atoms with E-state index in [0.717, 1.165) is 3.57 Å². The van der Waals surface area contributed by atoms with E-state index in [4.69, 9.17) is 5.11 Å². The van der Waals surface area contributed by atoms with Gasteiger partial charge < -0.3 is 5.11 Å². The van der Waals surface area contributed by atoms with Gasteiger partial charge in [-0.15, -0.1) is 0 Å². The van der Waals surface area contributed by atoms with Gasteiger partial charge >= 0.3 is 5.97 Å². The molecule has 0 saturated carbocycles. The molecule has 2 aromatic rings. The van der Waals surface area contributed by atoms with Gasteiger partial charge in [0.2, 0.25) is 0 Å². The molecule has 22 heavy (non-hydrogen) atoms. The summed E-state index contributed by atoms with van der Waals surface area (Å²) < 4.78 is 28.4. The fraction of sp³-hybridized carbons (Fsp3) is 0.133. The van der Waals surface area contributed by atoms with Crippen LogP contribution >= 0.6 is 22.6 Å². The number of hydrogen-bond donors (Lipinski definition) is 2. The number of rotatable bonds is 4. The lowest BCUT2D eigenvalue weighted by molar-refractivity contribution is 0.0696. The number of halogens is 1. The van der Waals surface area contributed by atoms with E-state index in [-0.39, 0.29) is 10.5 Å². The van der Waals surface area contributed by atoms with Crippen molar-refractivity contribution in [1.82, 2.24) is 0 Å². The number of nitrogens with one attached hydrogen (secondary N) is 1.